The fourth-order valence-electron chi connectivity index (χ4n) is 1.37. The Balaban J connectivity index is 2.81. The molecule has 0 fully saturated rings. The molecule has 0 aliphatic heterocycles. The molecule has 0 saturated heterocycles. The van der Waals surface area contributed by atoms with E-state index in [0.717, 1.165) is 0 Å². The molecule has 0 aliphatic rings. The molecule has 0 N–H and O–H groups in total. The maximum absolute atomic E-state index is 4.53. The number of hydrogen-bond donors (Lipinski definition) is 1. The topological polar surface area (TPSA) is 0 Å². The fourth-order valence-corrected chi connectivity index (χ4v) is 1.52. The van der Waals surface area contributed by atoms with Crippen LogP contribution in [0.1, 0.15) is 38.3 Å². The Morgan fingerprint density at radius 1 is 1.15 bits per heavy atom. The number of hydrogen-bond acceptors (Lipinski definition) is 1. The predicted octanol–water partition coefficient (Wildman–Crippen LogP) is 3.80. The summed E-state index contributed by atoms with van der Waals surface area (Å²) < 4.78 is -0.0231. The summed E-state index contributed by atoms with van der Waals surface area (Å²) in [6.45, 7) is 6.44. The second-order valence-corrected chi connectivity index (χ2v) is 5.12. The van der Waals surface area contributed by atoms with Gasteiger partial charge in [0, 0.05) is 4.75 Å². The highest BCUT2D eigenvalue weighted by molar-refractivity contribution is 7.81. The first-order valence-electron chi connectivity index (χ1n) is 4.86. The molecule has 0 saturated carbocycles. The Morgan fingerprint density at radius 3 is 2.08 bits per heavy atom. The first-order chi connectivity index (χ1) is 6.04. The second kappa shape index (κ2) is 4.19. The van der Waals surface area contributed by atoms with E-state index in [-0.39, 0.29) is 4.75 Å². The molecule has 0 amide bonds. The minimum atomic E-state index is -0.0231. The predicted molar refractivity (Wildman–Crippen MR) is 62.4 cm³/mol. The maximum Gasteiger partial charge on any atom is 0.0322 e. The van der Waals surface area contributed by atoms with Gasteiger partial charge in [-0.1, -0.05) is 37.6 Å². The Labute approximate surface area is 86.8 Å². The molecule has 1 rings (SSSR count). The van der Waals surface area contributed by atoms with Crippen molar-refractivity contribution in [2.75, 3.05) is 0 Å². The molecule has 1 aromatic carbocycles. The van der Waals surface area contributed by atoms with Gasteiger partial charge in [0.05, 0.1) is 0 Å². The Morgan fingerprint density at radius 2 is 1.69 bits per heavy atom. The van der Waals surface area contributed by atoms with Gasteiger partial charge < -0.3 is 0 Å². The van der Waals surface area contributed by atoms with Crippen LogP contribution in [0.3, 0.4) is 0 Å². The van der Waals surface area contributed by atoms with Crippen molar-refractivity contribution in [3.63, 3.8) is 0 Å². The zero-order valence-corrected chi connectivity index (χ0v) is 9.57. The molecule has 1 heteroatoms. The highest BCUT2D eigenvalue weighted by atomic mass is 32.1. The van der Waals surface area contributed by atoms with Crippen LogP contribution in [0.4, 0.5) is 0 Å². The lowest BCUT2D eigenvalue weighted by Crippen LogP contribution is -2.07. The molecule has 0 spiro atoms. The lowest BCUT2D eigenvalue weighted by atomic mass is 9.99. The zero-order valence-electron chi connectivity index (χ0n) is 8.67. The van der Waals surface area contributed by atoms with Gasteiger partial charge in [0.2, 0.25) is 0 Å². The normalized spacial score (nSPS) is 11.7. The summed E-state index contributed by atoms with van der Waals surface area (Å²) in [5.74, 6) is 0. The molecular formula is C12H18S. The van der Waals surface area contributed by atoms with E-state index in [2.05, 4.69) is 57.7 Å². The number of thiol groups is 1. The van der Waals surface area contributed by atoms with Crippen LogP contribution in [0.5, 0.6) is 0 Å². The Hall–Kier alpha value is -0.430. The Kier molecular flexibility index (Phi) is 3.43. The summed E-state index contributed by atoms with van der Waals surface area (Å²) in [5, 5.41) is 0. The van der Waals surface area contributed by atoms with Crippen LogP contribution in [0.2, 0.25) is 0 Å². The van der Waals surface area contributed by atoms with Crippen LogP contribution < -0.4 is 0 Å². The van der Waals surface area contributed by atoms with E-state index in [1.165, 1.54) is 24.0 Å². The highest BCUT2D eigenvalue weighted by Gasteiger charge is 2.13. The van der Waals surface area contributed by atoms with Gasteiger partial charge >= 0.3 is 0 Å². The molecule has 72 valence electrons. The minimum absolute atomic E-state index is 0.0231. The SMILES string of the molecule is CCCc1ccc(C(C)(C)S)cc1. The standard InChI is InChI=1S/C12H18S/c1-4-5-10-6-8-11(9-7-10)12(2,3)13/h6-9,13H,4-5H2,1-3H3. The molecule has 0 nitrogen and oxygen atoms in total. The van der Waals surface area contributed by atoms with Gasteiger partial charge in [0.25, 0.3) is 0 Å². The molecule has 0 aliphatic carbocycles. The molecular weight excluding hydrogens is 176 g/mol. The van der Waals surface area contributed by atoms with Gasteiger partial charge in [-0.05, 0) is 31.4 Å². The zero-order chi connectivity index (χ0) is 9.90. The third kappa shape index (κ3) is 3.07. The molecule has 1 aromatic rings. The summed E-state index contributed by atoms with van der Waals surface area (Å²) in [6.07, 6.45) is 2.39. The van der Waals surface area contributed by atoms with Gasteiger partial charge in [-0.25, -0.2) is 0 Å². The van der Waals surface area contributed by atoms with Crippen LogP contribution >= 0.6 is 12.6 Å². The number of rotatable bonds is 3. The average Bonchev–Trinajstić information content (AvgIpc) is 2.04. The summed E-state index contributed by atoms with van der Waals surface area (Å²) in [4.78, 5) is 0. The van der Waals surface area contributed by atoms with Gasteiger partial charge in [-0.3, -0.25) is 0 Å². The summed E-state index contributed by atoms with van der Waals surface area (Å²) >= 11 is 4.53. The first-order valence-corrected chi connectivity index (χ1v) is 5.30. The number of aryl methyl sites for hydroxylation is 1. The first kappa shape index (κ1) is 10.6. The fraction of sp³-hybridized carbons (Fsp3) is 0.500. The average molecular weight is 194 g/mol. The molecule has 0 heterocycles. The molecule has 0 aromatic heterocycles. The third-order valence-corrected chi connectivity index (χ3v) is 2.46. The maximum atomic E-state index is 4.53. The van der Waals surface area contributed by atoms with Crippen molar-refractivity contribution in [3.05, 3.63) is 35.4 Å². The van der Waals surface area contributed by atoms with Crippen molar-refractivity contribution >= 4 is 12.6 Å². The lowest BCUT2D eigenvalue weighted by Gasteiger charge is -2.18. The monoisotopic (exact) mass is 194 g/mol. The van der Waals surface area contributed by atoms with E-state index in [1.807, 2.05) is 0 Å². The van der Waals surface area contributed by atoms with Gasteiger partial charge in [0.1, 0.15) is 0 Å². The van der Waals surface area contributed by atoms with Crippen LogP contribution in [-0.4, -0.2) is 0 Å². The van der Waals surface area contributed by atoms with Crippen molar-refractivity contribution in [2.45, 2.75) is 38.4 Å². The van der Waals surface area contributed by atoms with Crippen LogP contribution in [0.25, 0.3) is 0 Å². The van der Waals surface area contributed by atoms with Crippen LogP contribution in [-0.2, 0) is 11.2 Å². The van der Waals surface area contributed by atoms with Crippen molar-refractivity contribution in [2.24, 2.45) is 0 Å². The van der Waals surface area contributed by atoms with Crippen molar-refractivity contribution in [3.8, 4) is 0 Å². The van der Waals surface area contributed by atoms with E-state index < -0.39 is 0 Å². The van der Waals surface area contributed by atoms with Crippen molar-refractivity contribution in [1.82, 2.24) is 0 Å². The largest absolute Gasteiger partial charge is 0.168 e. The summed E-state index contributed by atoms with van der Waals surface area (Å²) in [7, 11) is 0. The molecule has 13 heavy (non-hydrogen) atoms. The quantitative estimate of drug-likeness (QED) is 0.695. The van der Waals surface area contributed by atoms with E-state index >= 15 is 0 Å². The lowest BCUT2D eigenvalue weighted by molar-refractivity contribution is 0.789. The second-order valence-electron chi connectivity index (χ2n) is 4.01. The van der Waals surface area contributed by atoms with E-state index in [4.69, 9.17) is 0 Å². The minimum Gasteiger partial charge on any atom is -0.168 e. The third-order valence-electron chi connectivity index (χ3n) is 2.20. The summed E-state index contributed by atoms with van der Waals surface area (Å²) in [6, 6.07) is 8.77. The van der Waals surface area contributed by atoms with E-state index in [9.17, 15) is 0 Å². The van der Waals surface area contributed by atoms with Gasteiger partial charge in [-0.2, -0.15) is 12.6 Å². The van der Waals surface area contributed by atoms with Crippen molar-refractivity contribution in [1.29, 1.82) is 0 Å². The van der Waals surface area contributed by atoms with Crippen LogP contribution in [0.15, 0.2) is 24.3 Å². The summed E-state index contributed by atoms with van der Waals surface area (Å²) in [5.41, 5.74) is 2.71. The van der Waals surface area contributed by atoms with E-state index in [1.54, 1.807) is 0 Å². The van der Waals surface area contributed by atoms with Crippen molar-refractivity contribution < 1.29 is 0 Å². The molecule has 0 radical (unpaired) electrons. The molecule has 0 bridgehead atoms. The van der Waals surface area contributed by atoms with Gasteiger partial charge in [0.15, 0.2) is 0 Å². The smallest absolute Gasteiger partial charge is 0.0322 e. The van der Waals surface area contributed by atoms with Crippen LogP contribution in [0, 0.1) is 0 Å². The number of benzene rings is 1. The molecule has 0 unspecified atom stereocenters. The van der Waals surface area contributed by atoms with E-state index in [0.29, 0.717) is 0 Å². The Bertz CT molecular complexity index is 253. The highest BCUT2D eigenvalue weighted by Crippen LogP contribution is 2.26. The van der Waals surface area contributed by atoms with Gasteiger partial charge in [-0.15, -0.1) is 0 Å². The molecule has 0 atom stereocenters.